The monoisotopic (exact) mass is 274 g/mol. The zero-order valence-electron chi connectivity index (χ0n) is 7.97. The van der Waals surface area contributed by atoms with Gasteiger partial charge >= 0.3 is 0 Å². The molecule has 1 aliphatic rings. The second kappa shape index (κ2) is 3.81. The molecule has 15 heavy (non-hydrogen) atoms. The Morgan fingerprint density at radius 2 is 2.33 bits per heavy atom. The van der Waals surface area contributed by atoms with Crippen molar-refractivity contribution in [2.45, 2.75) is 13.3 Å². The minimum absolute atomic E-state index is 0.0566. The van der Waals surface area contributed by atoms with Gasteiger partial charge in [-0.25, -0.2) is 4.39 Å². The van der Waals surface area contributed by atoms with Gasteiger partial charge in [0.15, 0.2) is 11.5 Å². The maximum Gasteiger partial charge on any atom is 0.231 e. The number of ether oxygens (including phenoxy) is 2. The van der Waals surface area contributed by atoms with Crippen molar-refractivity contribution in [1.29, 1.82) is 0 Å². The molecule has 1 aromatic carbocycles. The molecule has 0 unspecified atom stereocenters. The first-order chi connectivity index (χ1) is 7.09. The Kier molecular flexibility index (Phi) is 2.65. The van der Waals surface area contributed by atoms with E-state index >= 15 is 0 Å². The minimum atomic E-state index is -0.463. The maximum absolute atomic E-state index is 13.7. The molecule has 0 bridgehead atoms. The van der Waals surface area contributed by atoms with Crippen LogP contribution in [0, 0.1) is 5.82 Å². The molecular formula is C10H8BrFO3. The van der Waals surface area contributed by atoms with Crippen molar-refractivity contribution in [1.82, 2.24) is 0 Å². The molecule has 0 atom stereocenters. The molecule has 80 valence electrons. The molecule has 0 saturated heterocycles. The van der Waals surface area contributed by atoms with E-state index in [2.05, 4.69) is 15.9 Å². The van der Waals surface area contributed by atoms with E-state index in [0.29, 0.717) is 17.1 Å². The number of rotatable bonds is 2. The quantitative estimate of drug-likeness (QED) is 0.831. The normalized spacial score (nSPS) is 13.0. The summed E-state index contributed by atoms with van der Waals surface area (Å²) in [6, 6.07) is 1.50. The van der Waals surface area contributed by atoms with Crippen molar-refractivity contribution in [2.75, 3.05) is 6.79 Å². The molecule has 0 N–H and O–H groups in total. The Morgan fingerprint density at radius 1 is 1.60 bits per heavy atom. The van der Waals surface area contributed by atoms with Crippen molar-refractivity contribution in [3.63, 3.8) is 0 Å². The molecule has 0 aromatic heterocycles. The number of ketones is 1. The first-order valence-corrected chi connectivity index (χ1v) is 5.15. The summed E-state index contributed by atoms with van der Waals surface area (Å²) in [5.74, 6) is 0.272. The number of carbonyl (C=O) groups is 1. The highest BCUT2D eigenvalue weighted by atomic mass is 79.9. The third-order valence-electron chi connectivity index (χ3n) is 2.06. The average Bonchev–Trinajstić information content (AvgIpc) is 2.61. The molecular weight excluding hydrogens is 267 g/mol. The predicted octanol–water partition coefficient (Wildman–Crippen LogP) is 2.45. The molecule has 0 radical (unpaired) electrons. The van der Waals surface area contributed by atoms with E-state index in [-0.39, 0.29) is 23.5 Å². The number of benzene rings is 1. The Morgan fingerprint density at radius 3 is 3.00 bits per heavy atom. The molecule has 3 nitrogen and oxygen atoms in total. The average molecular weight is 275 g/mol. The van der Waals surface area contributed by atoms with Crippen LogP contribution in [0.5, 0.6) is 11.5 Å². The lowest BCUT2D eigenvalue weighted by Crippen LogP contribution is -2.00. The van der Waals surface area contributed by atoms with Crippen molar-refractivity contribution < 1.29 is 18.7 Å². The highest BCUT2D eigenvalue weighted by Crippen LogP contribution is 2.42. The lowest BCUT2D eigenvalue weighted by Gasteiger charge is -2.05. The van der Waals surface area contributed by atoms with Crippen molar-refractivity contribution in [3.05, 3.63) is 21.9 Å². The van der Waals surface area contributed by atoms with Crippen LogP contribution < -0.4 is 9.47 Å². The largest absolute Gasteiger partial charge is 0.454 e. The summed E-state index contributed by atoms with van der Waals surface area (Å²) in [6.07, 6.45) is 0.0566. The van der Waals surface area contributed by atoms with Crippen molar-refractivity contribution >= 4 is 21.7 Å². The minimum Gasteiger partial charge on any atom is -0.454 e. The lowest BCUT2D eigenvalue weighted by atomic mass is 10.1. The van der Waals surface area contributed by atoms with Crippen molar-refractivity contribution in [2.24, 2.45) is 0 Å². The molecule has 1 heterocycles. The summed E-state index contributed by atoms with van der Waals surface area (Å²) in [4.78, 5) is 10.9. The number of hydrogen-bond donors (Lipinski definition) is 0. The van der Waals surface area contributed by atoms with Gasteiger partial charge in [0.2, 0.25) is 6.79 Å². The highest BCUT2D eigenvalue weighted by molar-refractivity contribution is 9.10. The Balaban J connectivity index is 2.49. The summed E-state index contributed by atoms with van der Waals surface area (Å²) < 4.78 is 24.1. The molecule has 2 rings (SSSR count). The fourth-order valence-corrected chi connectivity index (χ4v) is 1.99. The molecule has 0 spiro atoms. The van der Waals surface area contributed by atoms with Crippen molar-refractivity contribution in [3.8, 4) is 11.5 Å². The van der Waals surface area contributed by atoms with Crippen LogP contribution in [0.2, 0.25) is 0 Å². The smallest absolute Gasteiger partial charge is 0.231 e. The van der Waals surface area contributed by atoms with Gasteiger partial charge in [0.05, 0.1) is 4.47 Å². The second-order valence-electron chi connectivity index (χ2n) is 3.28. The van der Waals surface area contributed by atoms with Crippen LogP contribution in [0.15, 0.2) is 10.5 Å². The first-order valence-electron chi connectivity index (χ1n) is 4.35. The van der Waals surface area contributed by atoms with Crippen LogP contribution in [0.4, 0.5) is 4.39 Å². The summed E-state index contributed by atoms with van der Waals surface area (Å²) in [6.45, 7) is 1.49. The first kappa shape index (κ1) is 10.4. The standard InChI is InChI=1S/C10H8BrFO3/c1-5(13)2-6-3-7-10(15-4-14-7)8(11)9(6)12/h3H,2,4H2,1H3. The number of carbonyl (C=O) groups excluding carboxylic acids is 1. The van der Waals surface area contributed by atoms with E-state index in [1.807, 2.05) is 0 Å². The third-order valence-corrected chi connectivity index (χ3v) is 2.77. The molecule has 1 aromatic rings. The van der Waals surface area contributed by atoms with E-state index in [1.54, 1.807) is 0 Å². The SMILES string of the molecule is CC(=O)Cc1cc2c(c(Br)c1F)OCO2. The zero-order valence-corrected chi connectivity index (χ0v) is 9.56. The third kappa shape index (κ3) is 1.84. The van der Waals surface area contributed by atoms with Gasteiger partial charge < -0.3 is 9.47 Å². The molecule has 0 saturated carbocycles. The number of Topliss-reactive ketones (excluding diaryl/α,β-unsaturated/α-hetero) is 1. The number of hydrogen-bond acceptors (Lipinski definition) is 3. The number of halogens is 2. The Bertz CT molecular complexity index is 431. The zero-order chi connectivity index (χ0) is 11.0. The van der Waals surface area contributed by atoms with E-state index in [9.17, 15) is 9.18 Å². The summed E-state index contributed by atoms with van der Waals surface area (Å²) >= 11 is 3.08. The topological polar surface area (TPSA) is 35.5 Å². The van der Waals surface area contributed by atoms with Gasteiger partial charge in [-0.1, -0.05) is 0 Å². The Hall–Kier alpha value is -1.10. The molecule has 0 fully saturated rings. The van der Waals surface area contributed by atoms with Crippen LogP contribution in [-0.2, 0) is 11.2 Å². The second-order valence-corrected chi connectivity index (χ2v) is 4.07. The fraction of sp³-hybridized carbons (Fsp3) is 0.300. The molecule has 1 aliphatic heterocycles. The van der Waals surface area contributed by atoms with Gasteiger partial charge in [-0.05, 0) is 28.9 Å². The van der Waals surface area contributed by atoms with E-state index in [1.165, 1.54) is 13.0 Å². The molecule has 5 heteroatoms. The summed E-state index contributed by atoms with van der Waals surface area (Å²) in [5.41, 5.74) is 0.318. The maximum atomic E-state index is 13.7. The number of fused-ring (bicyclic) bond motifs is 1. The Labute approximate surface area is 94.3 Å². The van der Waals surface area contributed by atoms with Crippen LogP contribution in [-0.4, -0.2) is 12.6 Å². The van der Waals surface area contributed by atoms with Gasteiger partial charge in [0.1, 0.15) is 11.6 Å². The van der Waals surface area contributed by atoms with E-state index < -0.39 is 5.82 Å². The van der Waals surface area contributed by atoms with Gasteiger partial charge in [-0.2, -0.15) is 0 Å². The lowest BCUT2D eigenvalue weighted by molar-refractivity contribution is -0.116. The summed E-state index contributed by atoms with van der Waals surface area (Å²) in [5, 5.41) is 0. The van der Waals surface area contributed by atoms with Gasteiger partial charge in [-0.15, -0.1) is 0 Å². The van der Waals surface area contributed by atoms with Gasteiger partial charge in [-0.3, -0.25) is 4.79 Å². The molecule has 0 amide bonds. The van der Waals surface area contributed by atoms with E-state index in [4.69, 9.17) is 9.47 Å². The molecule has 0 aliphatic carbocycles. The predicted molar refractivity (Wildman–Crippen MR) is 54.6 cm³/mol. The fourth-order valence-electron chi connectivity index (χ4n) is 1.43. The summed E-state index contributed by atoms with van der Waals surface area (Å²) in [7, 11) is 0. The van der Waals surface area contributed by atoms with Gasteiger partial charge in [0, 0.05) is 12.0 Å². The van der Waals surface area contributed by atoms with Gasteiger partial charge in [0.25, 0.3) is 0 Å². The van der Waals surface area contributed by atoms with Crippen LogP contribution in [0.25, 0.3) is 0 Å². The van der Waals surface area contributed by atoms with Crippen LogP contribution >= 0.6 is 15.9 Å². The van der Waals surface area contributed by atoms with Crippen LogP contribution in [0.3, 0.4) is 0 Å². The van der Waals surface area contributed by atoms with E-state index in [0.717, 1.165) is 0 Å². The highest BCUT2D eigenvalue weighted by Gasteiger charge is 2.23. The van der Waals surface area contributed by atoms with Crippen LogP contribution in [0.1, 0.15) is 12.5 Å².